The first-order chi connectivity index (χ1) is 15.1. The Labute approximate surface area is 187 Å². The van der Waals surface area contributed by atoms with Gasteiger partial charge in [0, 0.05) is 19.1 Å². The van der Waals surface area contributed by atoms with E-state index in [1.165, 1.54) is 18.2 Å². The predicted octanol–water partition coefficient (Wildman–Crippen LogP) is 4.06. The van der Waals surface area contributed by atoms with E-state index < -0.39 is 27.1 Å². The van der Waals surface area contributed by atoms with Crippen molar-refractivity contribution in [2.45, 2.75) is 44.6 Å². The lowest BCUT2D eigenvalue weighted by Crippen LogP contribution is -2.46. The van der Waals surface area contributed by atoms with Crippen LogP contribution in [-0.2, 0) is 14.8 Å². The summed E-state index contributed by atoms with van der Waals surface area (Å²) in [5.41, 5.74) is 0.472. The van der Waals surface area contributed by atoms with E-state index in [1.54, 1.807) is 17.0 Å². The Morgan fingerprint density at radius 1 is 1.09 bits per heavy atom. The summed E-state index contributed by atoms with van der Waals surface area (Å²) in [6, 6.07) is 10.6. The summed E-state index contributed by atoms with van der Waals surface area (Å²) in [4.78, 5) is 15.3. The fourth-order valence-electron chi connectivity index (χ4n) is 4.92. The second-order valence-corrected chi connectivity index (χ2v) is 11.0. The van der Waals surface area contributed by atoms with Gasteiger partial charge in [-0.25, -0.2) is 21.9 Å². The first-order valence-electron chi connectivity index (χ1n) is 10.9. The Hall–Kier alpha value is -2.32. The van der Waals surface area contributed by atoms with Gasteiger partial charge < -0.3 is 4.90 Å². The number of sulfonamides is 1. The molecule has 0 aromatic heterocycles. The predicted molar refractivity (Wildman–Crippen MR) is 119 cm³/mol. The minimum absolute atomic E-state index is 0.0338. The number of amides is 1. The number of likely N-dealkylation sites (tertiary alicyclic amines) is 1. The number of hydrogen-bond donors (Lipinski definition) is 1. The fourth-order valence-corrected chi connectivity index (χ4v) is 5.72. The molecule has 1 amide bonds. The molecule has 1 heterocycles. The van der Waals surface area contributed by atoms with Gasteiger partial charge in [0.25, 0.3) is 0 Å². The van der Waals surface area contributed by atoms with Gasteiger partial charge in [0.15, 0.2) is 0 Å². The molecule has 2 aromatic rings. The number of carbonyl (C=O) groups is 1. The molecule has 2 aliphatic rings. The van der Waals surface area contributed by atoms with Gasteiger partial charge >= 0.3 is 0 Å². The number of carbonyl (C=O) groups excluding carboxylic acids is 1. The largest absolute Gasteiger partial charge is 0.341 e. The van der Waals surface area contributed by atoms with E-state index in [4.69, 9.17) is 0 Å². The normalized spacial score (nSPS) is 25.9. The molecule has 1 aliphatic carbocycles. The van der Waals surface area contributed by atoms with Crippen LogP contribution in [0.1, 0.15) is 44.1 Å². The van der Waals surface area contributed by atoms with Crippen LogP contribution >= 0.6 is 0 Å². The third-order valence-electron chi connectivity index (χ3n) is 6.63. The van der Waals surface area contributed by atoms with Gasteiger partial charge in [-0.1, -0.05) is 43.7 Å². The highest BCUT2D eigenvalue weighted by Crippen LogP contribution is 2.61. The molecule has 2 aromatic carbocycles. The number of halogens is 2. The second-order valence-electron chi connectivity index (χ2n) is 9.19. The van der Waals surface area contributed by atoms with Crippen LogP contribution in [0.5, 0.6) is 0 Å². The zero-order valence-corrected chi connectivity index (χ0v) is 19.1. The number of rotatable bonds is 5. The van der Waals surface area contributed by atoms with Gasteiger partial charge in [0.2, 0.25) is 15.9 Å². The first-order valence-corrected chi connectivity index (χ1v) is 12.8. The highest BCUT2D eigenvalue weighted by atomic mass is 32.2. The highest BCUT2D eigenvalue weighted by molar-refractivity contribution is 7.88. The van der Waals surface area contributed by atoms with E-state index >= 15 is 0 Å². The molecule has 0 bridgehead atoms. The van der Waals surface area contributed by atoms with Crippen molar-refractivity contribution in [3.05, 3.63) is 59.7 Å². The molecule has 1 saturated carbocycles. The van der Waals surface area contributed by atoms with Crippen LogP contribution in [0.3, 0.4) is 0 Å². The smallest absolute Gasteiger partial charge is 0.229 e. The van der Waals surface area contributed by atoms with E-state index in [0.29, 0.717) is 31.5 Å². The average Bonchev–Trinajstić information content (AvgIpc) is 3.45. The summed E-state index contributed by atoms with van der Waals surface area (Å²) in [7, 11) is -3.37. The lowest BCUT2D eigenvalue weighted by atomic mass is 9.91. The Balaban J connectivity index is 1.59. The van der Waals surface area contributed by atoms with Crippen LogP contribution in [0, 0.1) is 17.0 Å². The zero-order valence-electron chi connectivity index (χ0n) is 18.3. The van der Waals surface area contributed by atoms with Crippen molar-refractivity contribution >= 4 is 15.9 Å². The molecule has 2 unspecified atom stereocenters. The van der Waals surface area contributed by atoms with E-state index in [9.17, 15) is 22.0 Å². The van der Waals surface area contributed by atoms with E-state index in [1.807, 2.05) is 19.1 Å². The van der Waals surface area contributed by atoms with Crippen molar-refractivity contribution in [1.29, 1.82) is 0 Å². The summed E-state index contributed by atoms with van der Waals surface area (Å²) in [5, 5.41) is 0. The van der Waals surface area contributed by atoms with Gasteiger partial charge in [0.1, 0.15) is 11.6 Å². The number of nitrogens with zero attached hydrogens (tertiary/aromatic N) is 1. The van der Waals surface area contributed by atoms with Crippen LogP contribution < -0.4 is 4.72 Å². The standard InChI is InChI=1S/C24H28F2N2O3S/c1-24(23(29)28-13-6-5-8-16(15-28)27-32(2,30)31)14-19(24)17-9-3-4-10-18(17)22-20(25)11-7-12-21(22)26/h3-4,7,9-12,16,19,27H,5-6,8,13-15H2,1-2H3/t16-,19?,24?/m0/s1. The van der Waals surface area contributed by atoms with Crippen molar-refractivity contribution in [2.75, 3.05) is 19.3 Å². The molecule has 4 rings (SSSR count). The van der Waals surface area contributed by atoms with Gasteiger partial charge in [0.05, 0.1) is 17.2 Å². The number of nitrogens with one attached hydrogen (secondary N) is 1. The van der Waals surface area contributed by atoms with Crippen molar-refractivity contribution in [3.63, 3.8) is 0 Å². The van der Waals surface area contributed by atoms with Gasteiger partial charge in [-0.05, 0) is 48.4 Å². The molecule has 2 fully saturated rings. The Morgan fingerprint density at radius 3 is 2.47 bits per heavy atom. The molecule has 1 N–H and O–H groups in total. The molecule has 0 spiro atoms. The monoisotopic (exact) mass is 462 g/mol. The van der Waals surface area contributed by atoms with Crippen LogP contribution in [-0.4, -0.2) is 44.6 Å². The summed E-state index contributed by atoms with van der Waals surface area (Å²) in [6.45, 7) is 2.79. The third-order valence-corrected chi connectivity index (χ3v) is 7.39. The lowest BCUT2D eigenvalue weighted by Gasteiger charge is -2.28. The van der Waals surface area contributed by atoms with Gasteiger partial charge in [-0.2, -0.15) is 0 Å². The van der Waals surface area contributed by atoms with Gasteiger partial charge in [-0.15, -0.1) is 0 Å². The zero-order chi connectivity index (χ0) is 23.1. The molecule has 32 heavy (non-hydrogen) atoms. The molecule has 1 aliphatic heterocycles. The second kappa shape index (κ2) is 8.56. The van der Waals surface area contributed by atoms with E-state index in [-0.39, 0.29) is 23.4 Å². The maximum atomic E-state index is 14.5. The minimum Gasteiger partial charge on any atom is -0.341 e. The fraction of sp³-hybridized carbons (Fsp3) is 0.458. The molecule has 3 atom stereocenters. The van der Waals surface area contributed by atoms with Crippen LogP contribution in [0.15, 0.2) is 42.5 Å². The van der Waals surface area contributed by atoms with Gasteiger partial charge in [-0.3, -0.25) is 4.79 Å². The molecule has 172 valence electrons. The molecule has 0 radical (unpaired) electrons. The number of benzene rings is 2. The molecular formula is C24H28F2N2O3S. The van der Waals surface area contributed by atoms with Crippen LogP contribution in [0.25, 0.3) is 11.1 Å². The highest BCUT2D eigenvalue weighted by Gasteiger charge is 2.58. The lowest BCUT2D eigenvalue weighted by molar-refractivity contribution is -0.136. The summed E-state index contributed by atoms with van der Waals surface area (Å²) >= 11 is 0. The van der Waals surface area contributed by atoms with E-state index in [0.717, 1.165) is 24.7 Å². The Kier molecular flexibility index (Phi) is 6.11. The molecular weight excluding hydrogens is 434 g/mol. The first kappa shape index (κ1) is 22.9. The molecule has 5 nitrogen and oxygen atoms in total. The SMILES string of the molecule is CC1(C(=O)N2CCCC[C@H](NS(C)(=O)=O)C2)CC1c1ccccc1-c1c(F)cccc1F. The van der Waals surface area contributed by atoms with Crippen LogP contribution in [0.2, 0.25) is 0 Å². The van der Waals surface area contributed by atoms with Crippen molar-refractivity contribution in [3.8, 4) is 11.1 Å². The third kappa shape index (κ3) is 4.57. The van der Waals surface area contributed by atoms with Crippen molar-refractivity contribution < 1.29 is 22.0 Å². The van der Waals surface area contributed by atoms with Crippen molar-refractivity contribution in [1.82, 2.24) is 9.62 Å². The Bertz CT molecular complexity index is 1120. The summed E-state index contributed by atoms with van der Waals surface area (Å²) < 4.78 is 55.0. The van der Waals surface area contributed by atoms with Crippen molar-refractivity contribution in [2.24, 2.45) is 5.41 Å². The molecule has 1 saturated heterocycles. The van der Waals surface area contributed by atoms with E-state index in [2.05, 4.69) is 4.72 Å². The molecule has 8 heteroatoms. The number of hydrogen-bond acceptors (Lipinski definition) is 3. The Morgan fingerprint density at radius 2 is 1.78 bits per heavy atom. The summed E-state index contributed by atoms with van der Waals surface area (Å²) in [5.74, 6) is -1.45. The minimum atomic E-state index is -3.37. The average molecular weight is 463 g/mol. The quantitative estimate of drug-likeness (QED) is 0.729. The topological polar surface area (TPSA) is 66.5 Å². The van der Waals surface area contributed by atoms with Crippen LogP contribution in [0.4, 0.5) is 8.78 Å². The maximum absolute atomic E-state index is 14.5. The maximum Gasteiger partial charge on any atom is 0.229 e. The summed E-state index contributed by atoms with van der Waals surface area (Å²) in [6.07, 6.45) is 4.05.